The predicted octanol–water partition coefficient (Wildman–Crippen LogP) is 0.274. The van der Waals surface area contributed by atoms with Crippen LogP contribution in [0.4, 0.5) is 0 Å². The highest BCUT2D eigenvalue weighted by Gasteiger charge is 2.45. The average Bonchev–Trinajstić information content (AvgIpc) is 3.40. The van der Waals surface area contributed by atoms with Crippen LogP contribution in [0.2, 0.25) is 0 Å². The van der Waals surface area contributed by atoms with E-state index in [9.17, 15) is 9.59 Å². The highest BCUT2D eigenvalue weighted by molar-refractivity contribution is 5.83. The van der Waals surface area contributed by atoms with Crippen LogP contribution in [0, 0.1) is 0 Å². The van der Waals surface area contributed by atoms with Gasteiger partial charge in [-0.25, -0.2) is 4.98 Å². The fourth-order valence-corrected chi connectivity index (χ4v) is 4.49. The second-order valence-corrected chi connectivity index (χ2v) is 8.05. The third-order valence-electron chi connectivity index (χ3n) is 6.17. The monoisotopic (exact) mass is 411 g/mol. The van der Waals surface area contributed by atoms with Crippen molar-refractivity contribution >= 4 is 11.8 Å². The highest BCUT2D eigenvalue weighted by atomic mass is 16.2. The van der Waals surface area contributed by atoms with Crippen molar-refractivity contribution in [2.45, 2.75) is 50.5 Å². The van der Waals surface area contributed by atoms with Crippen LogP contribution in [-0.2, 0) is 22.7 Å². The number of fused-ring (bicyclic) bond motifs is 1. The van der Waals surface area contributed by atoms with Gasteiger partial charge in [-0.15, -0.1) is 0 Å². The molecule has 2 saturated heterocycles. The van der Waals surface area contributed by atoms with Gasteiger partial charge in [0.2, 0.25) is 11.8 Å². The lowest BCUT2D eigenvalue weighted by molar-refractivity contribution is -0.126. The zero-order valence-electron chi connectivity index (χ0n) is 17.3. The van der Waals surface area contributed by atoms with Gasteiger partial charge in [0.25, 0.3) is 0 Å². The molecular weight excluding hydrogens is 382 g/mol. The Morgan fingerprint density at radius 3 is 3.03 bits per heavy atom. The molecule has 0 aromatic carbocycles. The van der Waals surface area contributed by atoms with E-state index < -0.39 is 0 Å². The standard InChI is InChI=1S/C21H29N7O2/c1-27-16(4-5-19(29)25-12-15-3-2-7-22-11-15)13-26-21(30)20-17(27)6-10-28(20)14-18-23-8-9-24-18/h2-3,7-9,11,16-17,20H,4-6,10,12-14H2,1H3,(H,23,24)(H,25,29)(H,26,30)/t16-,17+,20-/m0/s1. The Morgan fingerprint density at radius 2 is 2.27 bits per heavy atom. The number of carbonyl (C=O) groups is 2. The first-order chi connectivity index (χ1) is 14.6. The van der Waals surface area contributed by atoms with E-state index in [1.54, 1.807) is 24.8 Å². The maximum absolute atomic E-state index is 12.8. The number of likely N-dealkylation sites (tertiary alicyclic amines) is 1. The van der Waals surface area contributed by atoms with Crippen LogP contribution in [0.3, 0.4) is 0 Å². The van der Waals surface area contributed by atoms with Gasteiger partial charge in [-0.3, -0.25) is 24.4 Å². The van der Waals surface area contributed by atoms with Gasteiger partial charge in [-0.2, -0.15) is 0 Å². The van der Waals surface area contributed by atoms with Gasteiger partial charge in [0.05, 0.1) is 6.54 Å². The minimum absolute atomic E-state index is 0.0187. The molecule has 0 unspecified atom stereocenters. The SMILES string of the molecule is CN1[C@@H](CCC(=O)NCc2cccnc2)CNC(=O)[C@@H]2[C@H]1CCN2Cc1ncc[nH]1. The Hall–Kier alpha value is -2.78. The van der Waals surface area contributed by atoms with Crippen LogP contribution in [0.1, 0.15) is 30.7 Å². The Morgan fingerprint density at radius 1 is 1.37 bits per heavy atom. The van der Waals surface area contributed by atoms with E-state index in [1.807, 2.05) is 12.1 Å². The number of hydrogen-bond donors (Lipinski definition) is 3. The van der Waals surface area contributed by atoms with E-state index in [1.165, 1.54) is 0 Å². The van der Waals surface area contributed by atoms with Crippen molar-refractivity contribution in [3.05, 3.63) is 48.3 Å². The molecule has 2 aromatic heterocycles. The van der Waals surface area contributed by atoms with E-state index in [0.29, 0.717) is 32.5 Å². The summed E-state index contributed by atoms with van der Waals surface area (Å²) in [5, 5.41) is 6.05. The van der Waals surface area contributed by atoms with Gasteiger partial charge in [0, 0.05) is 62.9 Å². The summed E-state index contributed by atoms with van der Waals surface area (Å²) >= 11 is 0. The summed E-state index contributed by atoms with van der Waals surface area (Å²) in [5.41, 5.74) is 0.982. The number of rotatable bonds is 7. The lowest BCUT2D eigenvalue weighted by atomic mass is 10.0. The number of aromatic amines is 1. The first kappa shape index (κ1) is 20.5. The minimum atomic E-state index is -0.190. The Bertz CT molecular complexity index is 842. The normalized spacial score (nSPS) is 24.8. The number of hydrogen-bond acceptors (Lipinski definition) is 6. The quantitative estimate of drug-likeness (QED) is 0.604. The molecule has 30 heavy (non-hydrogen) atoms. The van der Waals surface area contributed by atoms with E-state index in [0.717, 1.165) is 24.4 Å². The second kappa shape index (κ2) is 9.36. The molecule has 2 aromatic rings. The zero-order chi connectivity index (χ0) is 20.9. The molecule has 0 spiro atoms. The molecular formula is C21H29N7O2. The minimum Gasteiger partial charge on any atom is -0.353 e. The summed E-state index contributed by atoms with van der Waals surface area (Å²) in [4.78, 5) is 41.1. The van der Waals surface area contributed by atoms with Crippen molar-refractivity contribution in [2.24, 2.45) is 0 Å². The molecule has 9 heteroatoms. The summed E-state index contributed by atoms with van der Waals surface area (Å²) in [6.07, 6.45) is 9.07. The van der Waals surface area contributed by atoms with E-state index in [-0.39, 0.29) is 29.9 Å². The Balaban J connectivity index is 1.31. The first-order valence-corrected chi connectivity index (χ1v) is 10.5. The number of pyridine rings is 1. The first-order valence-electron chi connectivity index (χ1n) is 10.5. The third kappa shape index (κ3) is 4.68. The number of H-pyrrole nitrogens is 1. The van der Waals surface area contributed by atoms with Gasteiger partial charge in [0.1, 0.15) is 11.9 Å². The maximum atomic E-state index is 12.8. The molecule has 2 aliphatic rings. The lowest BCUT2D eigenvalue weighted by Crippen LogP contribution is -2.49. The average molecular weight is 412 g/mol. The number of imidazole rings is 1. The molecule has 3 N–H and O–H groups in total. The molecule has 0 radical (unpaired) electrons. The molecule has 3 atom stereocenters. The van der Waals surface area contributed by atoms with E-state index in [4.69, 9.17) is 0 Å². The predicted molar refractivity (Wildman–Crippen MR) is 111 cm³/mol. The van der Waals surface area contributed by atoms with Crippen molar-refractivity contribution in [1.82, 2.24) is 35.4 Å². The van der Waals surface area contributed by atoms with Crippen LogP contribution >= 0.6 is 0 Å². The van der Waals surface area contributed by atoms with Crippen molar-refractivity contribution in [3.63, 3.8) is 0 Å². The fourth-order valence-electron chi connectivity index (χ4n) is 4.49. The number of amides is 2. The van der Waals surface area contributed by atoms with Crippen molar-refractivity contribution in [1.29, 1.82) is 0 Å². The summed E-state index contributed by atoms with van der Waals surface area (Å²) in [6, 6.07) is 3.89. The Kier molecular flexibility index (Phi) is 6.39. The summed E-state index contributed by atoms with van der Waals surface area (Å²) in [6.45, 7) is 2.53. The summed E-state index contributed by atoms with van der Waals surface area (Å²) in [5.74, 6) is 0.960. The zero-order valence-corrected chi connectivity index (χ0v) is 17.3. The molecule has 4 heterocycles. The van der Waals surface area contributed by atoms with Crippen LogP contribution in [0.25, 0.3) is 0 Å². The van der Waals surface area contributed by atoms with Crippen molar-refractivity contribution in [2.75, 3.05) is 20.1 Å². The number of nitrogens with one attached hydrogen (secondary N) is 3. The largest absolute Gasteiger partial charge is 0.353 e. The van der Waals surface area contributed by atoms with Gasteiger partial charge in [-0.05, 0) is 31.5 Å². The smallest absolute Gasteiger partial charge is 0.239 e. The summed E-state index contributed by atoms with van der Waals surface area (Å²) in [7, 11) is 2.08. The number of nitrogens with zero attached hydrogens (tertiary/aromatic N) is 4. The van der Waals surface area contributed by atoms with E-state index in [2.05, 4.69) is 42.4 Å². The van der Waals surface area contributed by atoms with Gasteiger partial charge >= 0.3 is 0 Å². The van der Waals surface area contributed by atoms with Crippen LogP contribution in [0.15, 0.2) is 36.9 Å². The fraction of sp³-hybridized carbons (Fsp3) is 0.524. The third-order valence-corrected chi connectivity index (χ3v) is 6.17. The molecule has 2 aliphatic heterocycles. The molecule has 160 valence electrons. The van der Waals surface area contributed by atoms with Gasteiger partial charge in [-0.1, -0.05) is 6.07 Å². The summed E-state index contributed by atoms with van der Waals surface area (Å²) < 4.78 is 0. The topological polar surface area (TPSA) is 106 Å². The molecule has 9 nitrogen and oxygen atoms in total. The highest BCUT2D eigenvalue weighted by Crippen LogP contribution is 2.28. The number of likely N-dealkylation sites (N-methyl/N-ethyl adjacent to an activating group) is 1. The van der Waals surface area contributed by atoms with Crippen LogP contribution < -0.4 is 10.6 Å². The van der Waals surface area contributed by atoms with Crippen LogP contribution in [0.5, 0.6) is 0 Å². The Labute approximate surface area is 176 Å². The molecule has 0 bridgehead atoms. The molecule has 2 amide bonds. The second-order valence-electron chi connectivity index (χ2n) is 8.05. The van der Waals surface area contributed by atoms with Crippen molar-refractivity contribution in [3.8, 4) is 0 Å². The lowest BCUT2D eigenvalue weighted by Gasteiger charge is -2.33. The molecule has 4 rings (SSSR count). The van der Waals surface area contributed by atoms with Gasteiger partial charge in [0.15, 0.2) is 0 Å². The van der Waals surface area contributed by atoms with Gasteiger partial charge < -0.3 is 15.6 Å². The van der Waals surface area contributed by atoms with Crippen LogP contribution in [-0.4, -0.2) is 74.8 Å². The molecule has 0 saturated carbocycles. The number of carbonyl (C=O) groups excluding carboxylic acids is 2. The molecule has 0 aliphatic carbocycles. The number of aromatic nitrogens is 3. The van der Waals surface area contributed by atoms with E-state index >= 15 is 0 Å². The van der Waals surface area contributed by atoms with Crippen molar-refractivity contribution < 1.29 is 9.59 Å². The maximum Gasteiger partial charge on any atom is 0.239 e. The molecule has 2 fully saturated rings.